The van der Waals surface area contributed by atoms with Gasteiger partial charge in [0.15, 0.2) is 11.6 Å². The van der Waals surface area contributed by atoms with Gasteiger partial charge in [0.1, 0.15) is 0 Å². The second kappa shape index (κ2) is 14.7. The highest BCUT2D eigenvalue weighted by Gasteiger charge is 2.26. The lowest BCUT2D eigenvalue weighted by Gasteiger charge is -2.34. The molecular formula is C50H43NO2. The molecule has 0 aliphatic carbocycles. The molecule has 0 saturated carbocycles. The molecule has 0 aliphatic heterocycles. The van der Waals surface area contributed by atoms with Crippen molar-refractivity contribution in [3.05, 3.63) is 207 Å². The fourth-order valence-corrected chi connectivity index (χ4v) is 8.02. The minimum atomic E-state index is 0.00831. The molecule has 7 rings (SSSR count). The minimum Gasteiger partial charge on any atom is -0.309 e. The van der Waals surface area contributed by atoms with Gasteiger partial charge in [-0.05, 0) is 121 Å². The molecule has 0 saturated heterocycles. The highest BCUT2D eigenvalue weighted by molar-refractivity contribution is 6.10. The Balaban J connectivity index is 1.41. The summed E-state index contributed by atoms with van der Waals surface area (Å²) in [7, 11) is 0. The van der Waals surface area contributed by atoms with Crippen molar-refractivity contribution < 1.29 is 9.59 Å². The molecule has 3 nitrogen and oxygen atoms in total. The van der Waals surface area contributed by atoms with Crippen molar-refractivity contribution in [1.29, 1.82) is 0 Å². The maximum Gasteiger partial charge on any atom is 0.193 e. The largest absolute Gasteiger partial charge is 0.309 e. The summed E-state index contributed by atoms with van der Waals surface area (Å²) in [6, 6.07) is 50.0. The van der Waals surface area contributed by atoms with Crippen LogP contribution < -0.4 is 4.90 Å². The van der Waals surface area contributed by atoms with Gasteiger partial charge >= 0.3 is 0 Å². The van der Waals surface area contributed by atoms with E-state index in [1.807, 2.05) is 103 Å². The summed E-state index contributed by atoms with van der Waals surface area (Å²) in [5.41, 5.74) is 17.1. The summed E-state index contributed by atoms with van der Waals surface area (Å²) in [6.45, 7) is 13.1. The van der Waals surface area contributed by atoms with E-state index < -0.39 is 0 Å². The number of hydrogen-bond donors (Lipinski definition) is 0. The third-order valence-electron chi connectivity index (χ3n) is 10.2. The van der Waals surface area contributed by atoms with Gasteiger partial charge in [0, 0.05) is 27.9 Å². The Morgan fingerprint density at radius 3 is 1.13 bits per heavy atom. The first-order valence-corrected chi connectivity index (χ1v) is 18.1. The molecule has 0 aliphatic rings. The van der Waals surface area contributed by atoms with Crippen molar-refractivity contribution >= 4 is 28.6 Å². The molecular weight excluding hydrogens is 647 g/mol. The highest BCUT2D eigenvalue weighted by atomic mass is 16.1. The quantitative estimate of drug-likeness (QED) is 0.142. The molecule has 260 valence electrons. The van der Waals surface area contributed by atoms with E-state index in [-0.39, 0.29) is 11.6 Å². The number of carbonyl (C=O) groups excluding carboxylic acids is 2. The first kappa shape index (κ1) is 35.1. The maximum absolute atomic E-state index is 13.6. The van der Waals surface area contributed by atoms with E-state index in [9.17, 15) is 9.59 Å². The third kappa shape index (κ3) is 6.74. The fraction of sp³-hybridized carbons (Fsp3) is 0.120. The van der Waals surface area contributed by atoms with E-state index >= 15 is 0 Å². The van der Waals surface area contributed by atoms with Gasteiger partial charge in [-0.1, -0.05) is 127 Å². The van der Waals surface area contributed by atoms with E-state index in [0.717, 1.165) is 72.7 Å². The van der Waals surface area contributed by atoms with Crippen LogP contribution in [0.15, 0.2) is 152 Å². The van der Waals surface area contributed by atoms with E-state index in [1.54, 1.807) is 0 Å². The number of hydrogen-bond acceptors (Lipinski definition) is 3. The molecule has 0 aromatic heterocycles. The molecule has 7 aromatic carbocycles. The first-order chi connectivity index (χ1) is 25.6. The van der Waals surface area contributed by atoms with Crippen LogP contribution in [-0.2, 0) is 0 Å². The van der Waals surface area contributed by atoms with Gasteiger partial charge in [0.25, 0.3) is 0 Å². The monoisotopic (exact) mass is 689 g/mol. The summed E-state index contributed by atoms with van der Waals surface area (Å²) in [6.07, 6.45) is 0. The zero-order valence-electron chi connectivity index (χ0n) is 31.2. The van der Waals surface area contributed by atoms with Crippen molar-refractivity contribution in [2.75, 3.05) is 4.90 Å². The second-order valence-corrected chi connectivity index (χ2v) is 13.9. The van der Waals surface area contributed by atoms with Crippen molar-refractivity contribution in [2.45, 2.75) is 41.5 Å². The summed E-state index contributed by atoms with van der Waals surface area (Å²) in [5, 5.41) is 0. The number of para-hydroxylation sites is 1. The normalized spacial score (nSPS) is 11.0. The van der Waals surface area contributed by atoms with Gasteiger partial charge in [0.05, 0.1) is 11.4 Å². The lowest BCUT2D eigenvalue weighted by molar-refractivity contribution is 0.103. The maximum atomic E-state index is 13.6. The summed E-state index contributed by atoms with van der Waals surface area (Å²) in [5.74, 6) is 0.0166. The predicted octanol–water partition coefficient (Wildman–Crippen LogP) is 12.8. The van der Waals surface area contributed by atoms with Crippen LogP contribution in [0.4, 0.5) is 17.1 Å². The van der Waals surface area contributed by atoms with Crippen LogP contribution in [0, 0.1) is 41.5 Å². The first-order valence-electron chi connectivity index (χ1n) is 18.1. The predicted molar refractivity (Wildman–Crippen MR) is 220 cm³/mol. The van der Waals surface area contributed by atoms with Crippen LogP contribution in [0.3, 0.4) is 0 Å². The van der Waals surface area contributed by atoms with Crippen LogP contribution in [0.2, 0.25) is 0 Å². The van der Waals surface area contributed by atoms with E-state index in [4.69, 9.17) is 0 Å². The molecule has 3 heteroatoms. The Kier molecular flexibility index (Phi) is 9.76. The topological polar surface area (TPSA) is 37.4 Å². The molecule has 53 heavy (non-hydrogen) atoms. The Labute approximate surface area is 313 Å². The number of nitrogens with zero attached hydrogens (tertiary/aromatic N) is 1. The van der Waals surface area contributed by atoms with Crippen molar-refractivity contribution in [2.24, 2.45) is 0 Å². The Bertz CT molecular complexity index is 2320. The fourth-order valence-electron chi connectivity index (χ4n) is 8.02. The minimum absolute atomic E-state index is 0.00831. The molecule has 0 atom stereocenters. The average molecular weight is 690 g/mol. The lowest BCUT2D eigenvalue weighted by atomic mass is 9.87. The van der Waals surface area contributed by atoms with Gasteiger partial charge < -0.3 is 4.90 Å². The smallest absolute Gasteiger partial charge is 0.193 e. The van der Waals surface area contributed by atoms with E-state index in [2.05, 4.69) is 95.0 Å². The summed E-state index contributed by atoms with van der Waals surface area (Å²) in [4.78, 5) is 29.5. The molecule has 7 aromatic rings. The van der Waals surface area contributed by atoms with Crippen LogP contribution in [0.5, 0.6) is 0 Å². The molecule has 0 bridgehead atoms. The number of anilines is 3. The molecule has 0 fully saturated rings. The second-order valence-electron chi connectivity index (χ2n) is 13.9. The molecule has 0 N–H and O–H groups in total. The number of ketones is 2. The lowest BCUT2D eigenvalue weighted by Crippen LogP contribution is -2.17. The van der Waals surface area contributed by atoms with Crippen molar-refractivity contribution in [3.63, 3.8) is 0 Å². The van der Waals surface area contributed by atoms with Crippen LogP contribution in [0.1, 0.15) is 65.2 Å². The van der Waals surface area contributed by atoms with Crippen LogP contribution >= 0.6 is 0 Å². The standard InChI is InChI=1S/C50H43NO2/c1-32-28-34(3)47(36(5)45(32)40-22-16-24-42(30-40)49(52)38-18-10-7-11-19-38)51(44-26-14-9-15-27-44)48-35(4)29-33(2)46(37(48)6)41-23-17-25-43(31-41)50(53)39-20-12-8-13-21-39/h7-31H,1-6H3. The zero-order chi connectivity index (χ0) is 37.2. The Morgan fingerprint density at radius 2 is 0.736 bits per heavy atom. The molecule has 0 amide bonds. The number of aryl methyl sites for hydroxylation is 4. The Hall–Kier alpha value is -6.32. The zero-order valence-corrected chi connectivity index (χ0v) is 31.2. The van der Waals surface area contributed by atoms with Gasteiger partial charge in [-0.25, -0.2) is 0 Å². The average Bonchev–Trinajstić information content (AvgIpc) is 3.17. The van der Waals surface area contributed by atoms with E-state index in [0.29, 0.717) is 22.3 Å². The Morgan fingerprint density at radius 1 is 0.377 bits per heavy atom. The van der Waals surface area contributed by atoms with Gasteiger partial charge in [-0.15, -0.1) is 0 Å². The van der Waals surface area contributed by atoms with Gasteiger partial charge in [-0.2, -0.15) is 0 Å². The highest BCUT2D eigenvalue weighted by Crippen LogP contribution is 2.47. The number of benzene rings is 7. The van der Waals surface area contributed by atoms with Gasteiger partial charge in [0.2, 0.25) is 0 Å². The molecule has 0 radical (unpaired) electrons. The number of carbonyl (C=O) groups is 2. The summed E-state index contributed by atoms with van der Waals surface area (Å²) >= 11 is 0. The number of rotatable bonds is 9. The van der Waals surface area contributed by atoms with Crippen molar-refractivity contribution in [1.82, 2.24) is 0 Å². The third-order valence-corrected chi connectivity index (χ3v) is 10.2. The van der Waals surface area contributed by atoms with E-state index in [1.165, 1.54) is 0 Å². The molecule has 0 spiro atoms. The van der Waals surface area contributed by atoms with Crippen LogP contribution in [0.25, 0.3) is 22.3 Å². The molecule has 0 unspecified atom stereocenters. The SMILES string of the molecule is Cc1cc(C)c(N(c2ccccc2)c2c(C)cc(C)c(-c3cccc(C(=O)c4ccccc4)c3)c2C)c(C)c1-c1cccc(C(=O)c2ccccc2)c1. The van der Waals surface area contributed by atoms with Gasteiger partial charge in [-0.3, -0.25) is 9.59 Å². The molecule has 0 heterocycles. The summed E-state index contributed by atoms with van der Waals surface area (Å²) < 4.78 is 0. The van der Waals surface area contributed by atoms with Crippen LogP contribution in [-0.4, -0.2) is 11.6 Å². The van der Waals surface area contributed by atoms with Crippen molar-refractivity contribution in [3.8, 4) is 22.3 Å².